The molecule has 2 aromatic heterocycles. The van der Waals surface area contributed by atoms with Crippen molar-refractivity contribution in [1.82, 2.24) is 19.3 Å². The molecular formula is C25H27N5O2S. The number of benzene rings is 2. The standard InChI is InChI=1S/C25H27N5O2S/c1-3-32-22-14-8-7-13-21(22)26-24(31)18-33-25-28-27-23(16-20-12-9-15-29(20)2)30(25)17-19-10-5-4-6-11-19/h4-15H,3,16-18H2,1-2H3,(H,26,31). The number of aromatic nitrogens is 4. The first-order chi connectivity index (χ1) is 16.1. The van der Waals surface area contributed by atoms with Crippen molar-refractivity contribution in [2.75, 3.05) is 17.7 Å². The Kier molecular flexibility index (Phi) is 7.47. The third-order valence-electron chi connectivity index (χ3n) is 5.16. The number of anilines is 1. The van der Waals surface area contributed by atoms with E-state index in [1.807, 2.05) is 68.7 Å². The summed E-state index contributed by atoms with van der Waals surface area (Å²) in [5.74, 6) is 1.63. The van der Waals surface area contributed by atoms with Crippen molar-refractivity contribution >= 4 is 23.4 Å². The summed E-state index contributed by atoms with van der Waals surface area (Å²) in [6.45, 7) is 3.10. The summed E-state index contributed by atoms with van der Waals surface area (Å²) in [6, 6.07) is 21.7. The maximum absolute atomic E-state index is 12.7. The van der Waals surface area contributed by atoms with Crippen LogP contribution in [0.15, 0.2) is 78.1 Å². The second-order valence-electron chi connectivity index (χ2n) is 7.52. The molecule has 0 unspecified atom stereocenters. The highest BCUT2D eigenvalue weighted by atomic mass is 32.2. The van der Waals surface area contributed by atoms with Crippen molar-refractivity contribution in [1.29, 1.82) is 0 Å². The number of hydrogen-bond acceptors (Lipinski definition) is 5. The lowest BCUT2D eigenvalue weighted by Crippen LogP contribution is -2.16. The Bertz CT molecular complexity index is 1200. The summed E-state index contributed by atoms with van der Waals surface area (Å²) in [6.07, 6.45) is 2.69. The van der Waals surface area contributed by atoms with Crippen LogP contribution in [-0.2, 0) is 24.8 Å². The number of thioether (sulfide) groups is 1. The summed E-state index contributed by atoms with van der Waals surface area (Å²) in [5.41, 5.74) is 2.97. The summed E-state index contributed by atoms with van der Waals surface area (Å²) in [4.78, 5) is 12.7. The molecule has 0 atom stereocenters. The molecule has 0 radical (unpaired) electrons. The van der Waals surface area contributed by atoms with Crippen molar-refractivity contribution < 1.29 is 9.53 Å². The van der Waals surface area contributed by atoms with E-state index in [9.17, 15) is 4.79 Å². The normalized spacial score (nSPS) is 10.8. The largest absolute Gasteiger partial charge is 0.492 e. The Balaban J connectivity index is 1.49. The molecule has 7 nitrogen and oxygen atoms in total. The van der Waals surface area contributed by atoms with Crippen LogP contribution in [0.4, 0.5) is 5.69 Å². The highest BCUT2D eigenvalue weighted by molar-refractivity contribution is 7.99. The number of para-hydroxylation sites is 2. The van der Waals surface area contributed by atoms with Crippen molar-refractivity contribution in [2.24, 2.45) is 7.05 Å². The topological polar surface area (TPSA) is 74.0 Å². The van der Waals surface area contributed by atoms with E-state index in [1.54, 1.807) is 0 Å². The molecule has 0 saturated carbocycles. The van der Waals surface area contributed by atoms with E-state index in [4.69, 9.17) is 4.74 Å². The van der Waals surface area contributed by atoms with Crippen molar-refractivity contribution in [3.05, 3.63) is 90.0 Å². The molecule has 1 N–H and O–H groups in total. The predicted molar refractivity (Wildman–Crippen MR) is 131 cm³/mol. The van der Waals surface area contributed by atoms with E-state index < -0.39 is 0 Å². The van der Waals surface area contributed by atoms with Crippen LogP contribution in [0, 0.1) is 0 Å². The molecule has 4 rings (SSSR count). The van der Waals surface area contributed by atoms with Crippen LogP contribution < -0.4 is 10.1 Å². The molecule has 8 heteroatoms. The average molecular weight is 462 g/mol. The molecule has 0 saturated heterocycles. The van der Waals surface area contributed by atoms with Crippen molar-refractivity contribution in [3.63, 3.8) is 0 Å². The van der Waals surface area contributed by atoms with Gasteiger partial charge < -0.3 is 19.2 Å². The first-order valence-corrected chi connectivity index (χ1v) is 11.8. The lowest BCUT2D eigenvalue weighted by Gasteiger charge is -2.12. The van der Waals surface area contributed by atoms with E-state index in [1.165, 1.54) is 11.8 Å². The fraction of sp³-hybridized carbons (Fsp3) is 0.240. The van der Waals surface area contributed by atoms with Gasteiger partial charge in [0.15, 0.2) is 5.16 Å². The Morgan fingerprint density at radius 1 is 1.03 bits per heavy atom. The smallest absolute Gasteiger partial charge is 0.234 e. The van der Waals surface area contributed by atoms with E-state index in [-0.39, 0.29) is 11.7 Å². The quantitative estimate of drug-likeness (QED) is 0.355. The van der Waals surface area contributed by atoms with Gasteiger partial charge in [0.05, 0.1) is 24.6 Å². The third-order valence-corrected chi connectivity index (χ3v) is 6.13. The Hall–Kier alpha value is -3.52. The Morgan fingerprint density at radius 3 is 2.58 bits per heavy atom. The number of carbonyl (C=O) groups excluding carboxylic acids is 1. The molecule has 4 aromatic rings. The summed E-state index contributed by atoms with van der Waals surface area (Å²) in [5, 5.41) is 12.5. The molecular weight excluding hydrogens is 434 g/mol. The molecule has 1 amide bonds. The van der Waals surface area contributed by atoms with Gasteiger partial charge in [-0.25, -0.2) is 0 Å². The fourth-order valence-electron chi connectivity index (χ4n) is 3.49. The number of nitrogens with zero attached hydrogens (tertiary/aromatic N) is 4. The highest BCUT2D eigenvalue weighted by Gasteiger charge is 2.16. The molecule has 0 aliphatic carbocycles. The first-order valence-electron chi connectivity index (χ1n) is 10.8. The average Bonchev–Trinajstić information content (AvgIpc) is 3.40. The van der Waals surface area contributed by atoms with Gasteiger partial charge in [-0.2, -0.15) is 0 Å². The predicted octanol–water partition coefficient (Wildman–Crippen LogP) is 4.39. The number of amides is 1. The van der Waals surface area contributed by atoms with E-state index in [0.717, 1.165) is 22.2 Å². The summed E-state index contributed by atoms with van der Waals surface area (Å²) in [7, 11) is 2.02. The lowest BCUT2D eigenvalue weighted by molar-refractivity contribution is -0.113. The lowest BCUT2D eigenvalue weighted by atomic mass is 10.2. The fourth-order valence-corrected chi connectivity index (χ4v) is 4.25. The molecule has 0 aliphatic heterocycles. The zero-order valence-corrected chi connectivity index (χ0v) is 19.6. The van der Waals surface area contributed by atoms with Crippen molar-refractivity contribution in [2.45, 2.75) is 25.0 Å². The summed E-state index contributed by atoms with van der Waals surface area (Å²) < 4.78 is 9.77. The second kappa shape index (κ2) is 10.9. The molecule has 0 bridgehead atoms. The molecule has 0 aliphatic rings. The van der Waals surface area contributed by atoms with Crippen LogP contribution in [0.2, 0.25) is 0 Å². The van der Waals surface area contributed by atoms with Gasteiger partial charge in [0.25, 0.3) is 0 Å². The SMILES string of the molecule is CCOc1ccccc1NC(=O)CSc1nnc(Cc2cccn2C)n1Cc1ccccc1. The van der Waals surface area contributed by atoms with E-state index in [2.05, 4.69) is 42.8 Å². The van der Waals surface area contributed by atoms with Crippen molar-refractivity contribution in [3.8, 4) is 5.75 Å². The molecule has 0 spiro atoms. The number of aryl methyl sites for hydroxylation is 1. The Labute approximate surface area is 197 Å². The van der Waals surface area contributed by atoms with Gasteiger partial charge in [0, 0.05) is 25.4 Å². The van der Waals surface area contributed by atoms with Crippen LogP contribution in [0.3, 0.4) is 0 Å². The van der Waals surface area contributed by atoms with Gasteiger partial charge in [0.2, 0.25) is 5.91 Å². The number of ether oxygens (including phenoxy) is 1. The maximum Gasteiger partial charge on any atom is 0.234 e. The first kappa shape index (κ1) is 22.7. The zero-order chi connectivity index (χ0) is 23.0. The minimum absolute atomic E-state index is 0.120. The van der Waals surface area contributed by atoms with Gasteiger partial charge in [-0.1, -0.05) is 54.2 Å². The molecule has 170 valence electrons. The highest BCUT2D eigenvalue weighted by Crippen LogP contribution is 2.25. The molecule has 0 fully saturated rings. The van der Waals surface area contributed by atoms with Gasteiger partial charge in [0.1, 0.15) is 11.6 Å². The van der Waals surface area contributed by atoms with Gasteiger partial charge in [-0.15, -0.1) is 10.2 Å². The third kappa shape index (κ3) is 5.84. The monoisotopic (exact) mass is 461 g/mol. The van der Waals surface area contributed by atoms with Gasteiger partial charge in [-0.05, 0) is 36.8 Å². The van der Waals surface area contributed by atoms with E-state index >= 15 is 0 Å². The number of nitrogens with one attached hydrogen (secondary N) is 1. The minimum atomic E-state index is -0.120. The Morgan fingerprint density at radius 2 is 1.82 bits per heavy atom. The number of rotatable bonds is 10. The molecule has 33 heavy (non-hydrogen) atoms. The number of carbonyl (C=O) groups is 1. The van der Waals surface area contributed by atoms with Crippen LogP contribution in [0.5, 0.6) is 5.75 Å². The van der Waals surface area contributed by atoms with Gasteiger partial charge >= 0.3 is 0 Å². The second-order valence-corrected chi connectivity index (χ2v) is 8.47. The maximum atomic E-state index is 12.7. The molecule has 2 aromatic carbocycles. The van der Waals surface area contributed by atoms with Crippen LogP contribution >= 0.6 is 11.8 Å². The summed E-state index contributed by atoms with van der Waals surface area (Å²) >= 11 is 1.38. The van der Waals surface area contributed by atoms with E-state index in [0.29, 0.717) is 31.0 Å². The molecule has 2 heterocycles. The zero-order valence-electron chi connectivity index (χ0n) is 18.8. The van der Waals surface area contributed by atoms with Crippen LogP contribution in [-0.4, -0.2) is 37.6 Å². The van der Waals surface area contributed by atoms with Gasteiger partial charge in [-0.3, -0.25) is 4.79 Å². The minimum Gasteiger partial charge on any atom is -0.492 e. The van der Waals surface area contributed by atoms with Crippen LogP contribution in [0.25, 0.3) is 0 Å². The number of hydrogen-bond donors (Lipinski definition) is 1. The van der Waals surface area contributed by atoms with Crippen LogP contribution in [0.1, 0.15) is 24.0 Å².